The van der Waals surface area contributed by atoms with Crippen molar-refractivity contribution in [2.45, 2.75) is 32.7 Å². The normalized spacial score (nSPS) is 13.2. The average Bonchev–Trinajstić information content (AvgIpc) is 3.54. The number of aromatic amines is 1. The number of aromatic nitrogens is 1. The molecule has 4 aromatic rings. The molecule has 11 heteroatoms. The average molecular weight is 653 g/mol. The zero-order valence-corrected chi connectivity index (χ0v) is 28.1. The lowest BCUT2D eigenvalue weighted by atomic mass is 10.1. The number of nitrogens with two attached hydrogens (primary N) is 1. The van der Waals surface area contributed by atoms with E-state index in [1.54, 1.807) is 36.2 Å². The van der Waals surface area contributed by atoms with Gasteiger partial charge in [-0.2, -0.15) is 0 Å². The molecule has 252 valence electrons. The number of amides is 2. The third-order valence-corrected chi connectivity index (χ3v) is 8.73. The minimum Gasteiger partial charge on any atom is -0.495 e. The van der Waals surface area contributed by atoms with E-state index in [1.165, 1.54) is 7.11 Å². The summed E-state index contributed by atoms with van der Waals surface area (Å²) in [6.45, 7) is 6.31. The maximum atomic E-state index is 13.7. The van der Waals surface area contributed by atoms with Crippen molar-refractivity contribution in [2.24, 2.45) is 5.73 Å². The quantitative estimate of drug-likeness (QED) is 0.136. The number of benzene rings is 3. The van der Waals surface area contributed by atoms with E-state index in [4.69, 9.17) is 15.2 Å². The molecule has 48 heavy (non-hydrogen) atoms. The first-order chi connectivity index (χ1) is 23.2. The molecule has 1 aliphatic rings. The number of hydrogen-bond donors (Lipinski definition) is 3. The standard InChI is InChI=1S/C37H44N6O5/c1-25-11-14-33(35(20-25)48-19-6-5-8-28(24-44)43-17-15-41(2)16-18-43)42(3)37(46)26-12-13-32(34(21-26)47-4)40-36(45)29-9-7-10-31-30(29)22-27(23-38)39-31/h7,9-14,20-22,39H,5-6,8,15-19,23,38H2,1-4H3,(H,40,45). The topological polar surface area (TPSA) is 133 Å². The number of carbonyl (C=O) groups excluding carboxylic acids is 3. The van der Waals surface area contributed by atoms with Gasteiger partial charge in [0, 0.05) is 67.5 Å². The van der Waals surface area contributed by atoms with Gasteiger partial charge in [0.25, 0.3) is 11.8 Å². The van der Waals surface area contributed by atoms with Crippen molar-refractivity contribution in [3.63, 3.8) is 0 Å². The van der Waals surface area contributed by atoms with Crippen molar-refractivity contribution in [2.75, 3.05) is 64.2 Å². The molecule has 2 heterocycles. The van der Waals surface area contributed by atoms with Crippen LogP contribution in [-0.2, 0) is 11.3 Å². The molecule has 0 spiro atoms. The van der Waals surface area contributed by atoms with Crippen LogP contribution in [0.1, 0.15) is 51.2 Å². The molecule has 1 fully saturated rings. The molecule has 0 unspecified atom stereocenters. The van der Waals surface area contributed by atoms with Gasteiger partial charge in [0.1, 0.15) is 17.4 Å². The van der Waals surface area contributed by atoms with Gasteiger partial charge in [-0.05, 0) is 87.3 Å². The van der Waals surface area contributed by atoms with Crippen molar-refractivity contribution in [1.29, 1.82) is 0 Å². The van der Waals surface area contributed by atoms with Crippen LogP contribution in [0.2, 0.25) is 0 Å². The summed E-state index contributed by atoms with van der Waals surface area (Å²) in [4.78, 5) is 47.8. The summed E-state index contributed by atoms with van der Waals surface area (Å²) in [5, 5.41) is 3.69. The number of likely N-dealkylation sites (N-methyl/N-ethyl adjacent to an activating group) is 1. The Bertz CT molecular complexity index is 1820. The van der Waals surface area contributed by atoms with Gasteiger partial charge >= 0.3 is 0 Å². The van der Waals surface area contributed by atoms with Gasteiger partial charge in [0.15, 0.2) is 0 Å². The first kappa shape index (κ1) is 34.3. The fraction of sp³-hybridized carbons (Fsp3) is 0.351. The number of nitrogens with one attached hydrogen (secondary N) is 2. The van der Waals surface area contributed by atoms with Gasteiger partial charge in [-0.15, -0.1) is 0 Å². The van der Waals surface area contributed by atoms with Gasteiger partial charge in [-0.1, -0.05) is 12.1 Å². The Hall–Kier alpha value is -5.09. The molecule has 1 aliphatic heterocycles. The molecule has 0 atom stereocenters. The van der Waals surface area contributed by atoms with Crippen LogP contribution in [0.5, 0.6) is 11.5 Å². The van der Waals surface area contributed by atoms with Crippen LogP contribution in [0.4, 0.5) is 11.4 Å². The largest absolute Gasteiger partial charge is 0.495 e. The Balaban J connectivity index is 1.23. The Labute approximate surface area is 281 Å². The Morgan fingerprint density at radius 3 is 2.54 bits per heavy atom. The van der Waals surface area contributed by atoms with E-state index < -0.39 is 0 Å². The molecular weight excluding hydrogens is 608 g/mol. The highest BCUT2D eigenvalue weighted by molar-refractivity contribution is 6.13. The van der Waals surface area contributed by atoms with Crippen molar-refractivity contribution < 1.29 is 23.9 Å². The molecule has 2 amide bonds. The van der Waals surface area contributed by atoms with Crippen molar-refractivity contribution >= 4 is 40.0 Å². The number of aryl methyl sites for hydroxylation is 1. The van der Waals surface area contributed by atoms with E-state index in [9.17, 15) is 14.4 Å². The summed E-state index contributed by atoms with van der Waals surface area (Å²) in [7, 11) is 5.28. The monoisotopic (exact) mass is 652 g/mol. The molecule has 0 saturated carbocycles. The molecule has 11 nitrogen and oxygen atoms in total. The number of ether oxygens (including phenoxy) is 2. The first-order valence-electron chi connectivity index (χ1n) is 16.2. The zero-order chi connectivity index (χ0) is 34.2. The molecule has 5 rings (SSSR count). The number of fused-ring (bicyclic) bond motifs is 1. The second-order valence-electron chi connectivity index (χ2n) is 12.1. The molecule has 0 radical (unpaired) electrons. The summed E-state index contributed by atoms with van der Waals surface area (Å²) < 4.78 is 11.8. The maximum Gasteiger partial charge on any atom is 0.258 e. The molecular formula is C37H44N6O5. The predicted molar refractivity (Wildman–Crippen MR) is 189 cm³/mol. The van der Waals surface area contributed by atoms with Crippen LogP contribution in [0.25, 0.3) is 10.9 Å². The highest BCUT2D eigenvalue weighted by Crippen LogP contribution is 2.32. The van der Waals surface area contributed by atoms with Gasteiger partial charge in [-0.25, -0.2) is 4.79 Å². The summed E-state index contributed by atoms with van der Waals surface area (Å²) in [6, 6.07) is 18.0. The molecule has 1 saturated heterocycles. The first-order valence-corrected chi connectivity index (χ1v) is 16.2. The molecule has 0 bridgehead atoms. The Morgan fingerprint density at radius 1 is 1.02 bits per heavy atom. The van der Waals surface area contributed by atoms with Crippen molar-refractivity contribution in [1.82, 2.24) is 14.8 Å². The summed E-state index contributed by atoms with van der Waals surface area (Å²) in [5.41, 5.74) is 11.1. The number of anilines is 2. The summed E-state index contributed by atoms with van der Waals surface area (Å²) in [6.07, 6.45) is 2.21. The van der Waals surface area contributed by atoms with Crippen LogP contribution in [-0.4, -0.2) is 86.5 Å². The van der Waals surface area contributed by atoms with Gasteiger partial charge in [-0.3, -0.25) is 9.59 Å². The maximum absolute atomic E-state index is 13.7. The number of nitrogens with zero attached hydrogens (tertiary/aromatic N) is 3. The van der Waals surface area contributed by atoms with E-state index in [-0.39, 0.29) is 11.8 Å². The smallest absolute Gasteiger partial charge is 0.258 e. The van der Waals surface area contributed by atoms with Gasteiger partial charge in [0.2, 0.25) is 0 Å². The highest BCUT2D eigenvalue weighted by Gasteiger charge is 2.21. The number of carbonyl (C=O) groups is 2. The minimum absolute atomic E-state index is 0.265. The molecule has 0 aliphatic carbocycles. The zero-order valence-electron chi connectivity index (χ0n) is 28.1. The second kappa shape index (κ2) is 15.7. The number of rotatable bonds is 13. The van der Waals surface area contributed by atoms with Crippen LogP contribution in [0.15, 0.2) is 66.4 Å². The number of hydrogen-bond acceptors (Lipinski definition) is 8. The fourth-order valence-corrected chi connectivity index (χ4v) is 5.88. The fourth-order valence-electron chi connectivity index (χ4n) is 5.88. The summed E-state index contributed by atoms with van der Waals surface area (Å²) in [5.74, 6) is 2.53. The van der Waals surface area contributed by atoms with Gasteiger partial charge < -0.3 is 40.2 Å². The van der Waals surface area contributed by atoms with Gasteiger partial charge in [0.05, 0.1) is 30.8 Å². The Kier molecular flexibility index (Phi) is 11.2. The lowest BCUT2D eigenvalue weighted by Crippen LogP contribution is -2.44. The number of piperazine rings is 1. The van der Waals surface area contributed by atoms with Crippen molar-refractivity contribution in [3.8, 4) is 11.5 Å². The number of methoxy groups -OCH3 is 1. The predicted octanol–water partition coefficient (Wildman–Crippen LogP) is 4.98. The molecule has 3 aromatic carbocycles. The SMILES string of the molecule is COc1cc(C(=O)N(C)c2ccc(C)cc2OCCCCC(=C=O)N2CCN(C)CC2)ccc1NC(=O)c1cccc2[nH]c(CN)cc12. The van der Waals surface area contributed by atoms with Crippen LogP contribution < -0.4 is 25.4 Å². The third kappa shape index (κ3) is 7.88. The van der Waals surface area contributed by atoms with Crippen LogP contribution >= 0.6 is 0 Å². The van der Waals surface area contributed by atoms with Crippen LogP contribution in [0.3, 0.4) is 0 Å². The Morgan fingerprint density at radius 2 is 1.81 bits per heavy atom. The van der Waals surface area contributed by atoms with E-state index in [0.717, 1.165) is 66.9 Å². The van der Waals surface area contributed by atoms with E-state index in [2.05, 4.69) is 33.1 Å². The lowest BCUT2D eigenvalue weighted by Gasteiger charge is -2.34. The molecule has 4 N–H and O–H groups in total. The van der Waals surface area contributed by atoms with E-state index >= 15 is 0 Å². The van der Waals surface area contributed by atoms with Crippen LogP contribution in [0, 0.1) is 6.92 Å². The summed E-state index contributed by atoms with van der Waals surface area (Å²) >= 11 is 0. The van der Waals surface area contributed by atoms with Crippen molar-refractivity contribution in [3.05, 3.63) is 88.7 Å². The second-order valence-corrected chi connectivity index (χ2v) is 12.1. The molecule has 1 aromatic heterocycles. The minimum atomic E-state index is -0.308. The third-order valence-electron chi connectivity index (χ3n) is 8.73. The lowest BCUT2D eigenvalue weighted by molar-refractivity contribution is 0.0990. The number of allylic oxidation sites excluding steroid dienone is 1. The number of H-pyrrole nitrogens is 1. The number of unbranched alkanes of at least 4 members (excludes halogenated alkanes) is 1. The highest BCUT2D eigenvalue weighted by atomic mass is 16.5. The van der Waals surface area contributed by atoms with E-state index in [0.29, 0.717) is 53.6 Å². The van der Waals surface area contributed by atoms with E-state index in [1.807, 2.05) is 43.3 Å².